The zero-order valence-corrected chi connectivity index (χ0v) is 18.8. The minimum absolute atomic E-state index is 0.182. The number of carbonyl (C=O) groups is 1. The third kappa shape index (κ3) is 3.76. The zero-order chi connectivity index (χ0) is 21.0. The largest absolute Gasteiger partial charge is 0.493 e. The molecule has 0 saturated heterocycles. The highest BCUT2D eigenvalue weighted by atomic mass is 16.5. The topological polar surface area (TPSA) is 39.4 Å². The molecule has 0 saturated carbocycles. The number of fused-ring (bicyclic) bond motifs is 2. The molecule has 0 bridgehead atoms. The molecule has 156 valence electrons. The van der Waals surface area contributed by atoms with Crippen LogP contribution >= 0.6 is 0 Å². The van der Waals surface area contributed by atoms with E-state index >= 15 is 0 Å². The van der Waals surface area contributed by atoms with Crippen molar-refractivity contribution in [1.29, 1.82) is 0 Å². The van der Waals surface area contributed by atoms with Gasteiger partial charge in [0.25, 0.3) is 0 Å². The van der Waals surface area contributed by atoms with Gasteiger partial charge < -0.3 is 9.15 Å². The summed E-state index contributed by atoms with van der Waals surface area (Å²) in [6.07, 6.45) is 4.35. The van der Waals surface area contributed by atoms with Gasteiger partial charge in [-0.15, -0.1) is 0 Å². The van der Waals surface area contributed by atoms with Gasteiger partial charge in [-0.1, -0.05) is 46.8 Å². The van der Waals surface area contributed by atoms with Crippen LogP contribution in [0.5, 0.6) is 5.75 Å². The number of hydrogen-bond acceptors (Lipinski definition) is 3. The van der Waals surface area contributed by atoms with E-state index in [1.54, 1.807) is 0 Å². The van der Waals surface area contributed by atoms with E-state index < -0.39 is 0 Å². The third-order valence-corrected chi connectivity index (χ3v) is 6.83. The molecule has 2 aromatic rings. The second kappa shape index (κ2) is 7.04. The van der Waals surface area contributed by atoms with Gasteiger partial charge in [-0.2, -0.15) is 0 Å². The number of hydrogen-bond donors (Lipinski definition) is 0. The van der Waals surface area contributed by atoms with E-state index in [-0.39, 0.29) is 16.6 Å². The molecule has 3 heteroatoms. The van der Waals surface area contributed by atoms with Crippen molar-refractivity contribution in [3.8, 4) is 5.75 Å². The molecule has 0 fully saturated rings. The smallest absolute Gasteiger partial charge is 0.166 e. The first kappa shape index (κ1) is 20.3. The van der Waals surface area contributed by atoms with Crippen LogP contribution in [0.25, 0.3) is 0 Å². The molecule has 1 atom stereocenters. The number of furan rings is 1. The van der Waals surface area contributed by atoms with Crippen molar-refractivity contribution in [2.45, 2.75) is 79.1 Å². The summed E-state index contributed by atoms with van der Waals surface area (Å²) < 4.78 is 12.4. The second-order valence-electron chi connectivity index (χ2n) is 10.7. The van der Waals surface area contributed by atoms with E-state index in [1.807, 2.05) is 6.92 Å². The third-order valence-electron chi connectivity index (χ3n) is 6.83. The highest BCUT2D eigenvalue weighted by Gasteiger charge is 2.34. The number of carbonyl (C=O) groups excluding carboxylic acids is 1. The van der Waals surface area contributed by atoms with E-state index in [2.05, 4.69) is 52.8 Å². The quantitative estimate of drug-likeness (QED) is 0.620. The maximum atomic E-state index is 12.4. The van der Waals surface area contributed by atoms with Crippen molar-refractivity contribution < 1.29 is 13.9 Å². The lowest BCUT2D eigenvalue weighted by Gasteiger charge is -2.35. The predicted molar refractivity (Wildman–Crippen MR) is 116 cm³/mol. The lowest BCUT2D eigenvalue weighted by atomic mass is 9.76. The molecule has 0 N–H and O–H groups in total. The van der Waals surface area contributed by atoms with E-state index in [4.69, 9.17) is 9.15 Å². The van der Waals surface area contributed by atoms with Crippen molar-refractivity contribution >= 4 is 5.78 Å². The lowest BCUT2D eigenvalue weighted by molar-refractivity contribution is 0.0968. The molecule has 1 unspecified atom stereocenters. The summed E-state index contributed by atoms with van der Waals surface area (Å²) in [5.41, 5.74) is 4.53. The van der Waals surface area contributed by atoms with Gasteiger partial charge in [0.15, 0.2) is 5.78 Å². The van der Waals surface area contributed by atoms with Crippen LogP contribution in [0.1, 0.15) is 86.0 Å². The van der Waals surface area contributed by atoms with E-state index in [1.165, 1.54) is 11.1 Å². The molecular weight excluding hydrogens is 360 g/mol. The molecule has 2 aliphatic rings. The summed E-state index contributed by atoms with van der Waals surface area (Å²) in [5.74, 6) is 3.68. The Morgan fingerprint density at radius 3 is 2.55 bits per heavy atom. The first-order valence-corrected chi connectivity index (χ1v) is 11.0. The van der Waals surface area contributed by atoms with Crippen molar-refractivity contribution in [2.24, 2.45) is 11.3 Å². The number of Topliss-reactive ketones (excluding diaryl/α,β-unsaturated/α-hetero) is 1. The van der Waals surface area contributed by atoms with E-state index in [0.29, 0.717) is 12.3 Å². The SMILES string of the molecule is Cc1c(C(C)(C)Cc2ccc3c(c2)OCC(C(C)(C)C)C3)oc2c1C(=O)CCC2. The standard InChI is InChI=1S/C26H34O3/c1-16-23-20(27)8-7-9-21(23)29-24(16)26(5,6)14-17-10-11-18-13-19(25(2,3)4)15-28-22(18)12-17/h10-12,19H,7-9,13-15H2,1-6H3. The van der Waals surface area contributed by atoms with Gasteiger partial charge in [-0.3, -0.25) is 4.79 Å². The summed E-state index contributed by atoms with van der Waals surface area (Å²) >= 11 is 0. The van der Waals surface area contributed by atoms with Crippen LogP contribution in [0, 0.1) is 18.3 Å². The maximum absolute atomic E-state index is 12.4. The molecule has 0 spiro atoms. The van der Waals surface area contributed by atoms with Crippen LogP contribution in [0.3, 0.4) is 0 Å². The van der Waals surface area contributed by atoms with Crippen LogP contribution in [0.2, 0.25) is 0 Å². The Bertz CT molecular complexity index is 940. The molecule has 29 heavy (non-hydrogen) atoms. The molecule has 4 rings (SSSR count). The molecule has 0 radical (unpaired) electrons. The highest BCUT2D eigenvalue weighted by Crippen LogP contribution is 2.40. The number of ketones is 1. The molecule has 1 aliphatic carbocycles. The minimum atomic E-state index is -0.182. The predicted octanol–water partition coefficient (Wildman–Crippen LogP) is 6.22. The molecule has 3 nitrogen and oxygen atoms in total. The summed E-state index contributed by atoms with van der Waals surface area (Å²) in [6.45, 7) is 14.1. The van der Waals surface area contributed by atoms with Crippen LogP contribution in [0.15, 0.2) is 22.6 Å². The van der Waals surface area contributed by atoms with Gasteiger partial charge in [0, 0.05) is 29.7 Å². The Morgan fingerprint density at radius 1 is 1.10 bits per heavy atom. The fourth-order valence-corrected chi connectivity index (χ4v) is 4.97. The van der Waals surface area contributed by atoms with Crippen LogP contribution in [0.4, 0.5) is 0 Å². The van der Waals surface area contributed by atoms with Crippen LogP contribution in [-0.4, -0.2) is 12.4 Å². The van der Waals surface area contributed by atoms with Gasteiger partial charge in [0.2, 0.25) is 0 Å². The molecule has 1 aliphatic heterocycles. The second-order valence-corrected chi connectivity index (χ2v) is 10.7. The zero-order valence-electron chi connectivity index (χ0n) is 18.8. The summed E-state index contributed by atoms with van der Waals surface area (Å²) in [6, 6.07) is 6.68. The first-order valence-electron chi connectivity index (χ1n) is 11.0. The van der Waals surface area contributed by atoms with E-state index in [0.717, 1.165) is 60.7 Å². The maximum Gasteiger partial charge on any atom is 0.166 e. The summed E-state index contributed by atoms with van der Waals surface area (Å²) in [4.78, 5) is 12.4. The highest BCUT2D eigenvalue weighted by molar-refractivity contribution is 5.99. The number of rotatable bonds is 3. The first-order chi connectivity index (χ1) is 13.6. The van der Waals surface area contributed by atoms with Crippen LogP contribution < -0.4 is 4.74 Å². The summed E-state index contributed by atoms with van der Waals surface area (Å²) in [5, 5.41) is 0. The normalized spacial score (nSPS) is 19.5. The van der Waals surface area contributed by atoms with Gasteiger partial charge in [0.1, 0.15) is 17.3 Å². The monoisotopic (exact) mass is 394 g/mol. The van der Waals surface area contributed by atoms with Crippen molar-refractivity contribution in [2.75, 3.05) is 6.61 Å². The Balaban J connectivity index is 1.58. The number of ether oxygens (including phenoxy) is 1. The van der Waals surface area contributed by atoms with E-state index in [9.17, 15) is 4.79 Å². The van der Waals surface area contributed by atoms with Gasteiger partial charge in [-0.05, 0) is 48.8 Å². The van der Waals surface area contributed by atoms with Gasteiger partial charge in [-0.25, -0.2) is 0 Å². The number of benzene rings is 1. The lowest BCUT2D eigenvalue weighted by Crippen LogP contribution is -2.32. The average molecular weight is 395 g/mol. The Morgan fingerprint density at radius 2 is 1.86 bits per heavy atom. The van der Waals surface area contributed by atoms with Gasteiger partial charge in [0.05, 0.1) is 12.2 Å². The summed E-state index contributed by atoms with van der Waals surface area (Å²) in [7, 11) is 0. The molecule has 1 aromatic carbocycles. The Kier molecular flexibility index (Phi) is 4.91. The Hall–Kier alpha value is -2.03. The van der Waals surface area contributed by atoms with Crippen molar-refractivity contribution in [3.63, 3.8) is 0 Å². The molecule has 0 amide bonds. The minimum Gasteiger partial charge on any atom is -0.493 e. The van der Waals surface area contributed by atoms with Crippen LogP contribution in [-0.2, 0) is 24.7 Å². The molecule has 1 aromatic heterocycles. The van der Waals surface area contributed by atoms with Crippen molar-refractivity contribution in [1.82, 2.24) is 0 Å². The molecular formula is C26H34O3. The number of aryl methyl sites for hydroxylation is 1. The average Bonchev–Trinajstić information content (AvgIpc) is 2.99. The fraction of sp³-hybridized carbons (Fsp3) is 0.577. The Labute approximate surface area is 174 Å². The molecule has 2 heterocycles. The van der Waals surface area contributed by atoms with Gasteiger partial charge >= 0.3 is 0 Å². The van der Waals surface area contributed by atoms with Crippen molar-refractivity contribution in [3.05, 3.63) is 52.0 Å². The fourth-order valence-electron chi connectivity index (χ4n) is 4.97.